The molecule has 126 valence electrons. The zero-order valence-electron chi connectivity index (χ0n) is 15.3. The number of hydrogen-bond donors (Lipinski definition) is 0. The molecule has 1 aliphatic rings. The number of rotatable bonds is 11. The van der Waals surface area contributed by atoms with Gasteiger partial charge in [-0.3, -0.25) is 4.90 Å². The maximum absolute atomic E-state index is 2.87. The van der Waals surface area contributed by atoms with E-state index in [2.05, 4.69) is 25.7 Å². The lowest BCUT2D eigenvalue weighted by Crippen LogP contribution is -2.47. The van der Waals surface area contributed by atoms with Crippen LogP contribution in [0.5, 0.6) is 0 Å². The summed E-state index contributed by atoms with van der Waals surface area (Å²) in [5.41, 5.74) is 0.492. The first-order valence-corrected chi connectivity index (χ1v) is 9.98. The molecule has 0 aromatic rings. The maximum Gasteiger partial charge on any atom is 0.0181 e. The van der Waals surface area contributed by atoms with Gasteiger partial charge >= 0.3 is 0 Å². The molecule has 1 fully saturated rings. The molecule has 1 unspecified atom stereocenters. The standard InChI is InChI=1S/C20H41N/c1-4-6-8-9-13-17-20(3,16-12-7-5-2)21-18-14-10-11-15-19-21/h4-19H2,1-3H3. The summed E-state index contributed by atoms with van der Waals surface area (Å²) in [6.45, 7) is 9.93. The van der Waals surface area contributed by atoms with Crippen LogP contribution in [0.1, 0.15) is 111 Å². The van der Waals surface area contributed by atoms with Crippen LogP contribution in [0.15, 0.2) is 0 Å². The van der Waals surface area contributed by atoms with Crippen LogP contribution in [0.25, 0.3) is 0 Å². The van der Waals surface area contributed by atoms with Gasteiger partial charge in [-0.15, -0.1) is 0 Å². The molecule has 1 heteroatoms. The van der Waals surface area contributed by atoms with Crippen LogP contribution >= 0.6 is 0 Å². The van der Waals surface area contributed by atoms with Gasteiger partial charge < -0.3 is 0 Å². The molecule has 0 N–H and O–H groups in total. The molecule has 0 radical (unpaired) electrons. The molecule has 0 aromatic heterocycles. The van der Waals surface area contributed by atoms with Crippen molar-refractivity contribution in [3.63, 3.8) is 0 Å². The SMILES string of the molecule is CCCCCCCC(C)(CCCCC)N1CCCCCC1. The fraction of sp³-hybridized carbons (Fsp3) is 1.00. The summed E-state index contributed by atoms with van der Waals surface area (Å²) in [7, 11) is 0. The second kappa shape index (κ2) is 11.5. The van der Waals surface area contributed by atoms with Crippen LogP contribution in [0.4, 0.5) is 0 Å². The number of nitrogens with zero attached hydrogens (tertiary/aromatic N) is 1. The molecular formula is C20H41N. The topological polar surface area (TPSA) is 3.24 Å². The number of unbranched alkanes of at least 4 members (excludes halogenated alkanes) is 6. The molecule has 0 bridgehead atoms. The lowest BCUT2D eigenvalue weighted by molar-refractivity contribution is 0.0837. The molecule has 1 saturated heterocycles. The van der Waals surface area contributed by atoms with E-state index in [-0.39, 0.29) is 0 Å². The molecule has 1 atom stereocenters. The fourth-order valence-electron chi connectivity index (χ4n) is 3.92. The average Bonchev–Trinajstić information content (AvgIpc) is 2.77. The Morgan fingerprint density at radius 3 is 1.71 bits per heavy atom. The Hall–Kier alpha value is -0.0400. The molecule has 1 aliphatic heterocycles. The summed E-state index contributed by atoms with van der Waals surface area (Å²) in [5, 5.41) is 0. The summed E-state index contributed by atoms with van der Waals surface area (Å²) in [4.78, 5) is 2.87. The lowest BCUT2D eigenvalue weighted by Gasteiger charge is -2.42. The van der Waals surface area contributed by atoms with E-state index in [1.807, 2.05) is 0 Å². The Kier molecular flexibility index (Phi) is 10.4. The van der Waals surface area contributed by atoms with Gasteiger partial charge in [0.15, 0.2) is 0 Å². The Morgan fingerprint density at radius 1 is 0.667 bits per heavy atom. The Balaban J connectivity index is 2.46. The van der Waals surface area contributed by atoms with Crippen molar-refractivity contribution in [2.75, 3.05) is 13.1 Å². The average molecular weight is 296 g/mol. The monoisotopic (exact) mass is 295 g/mol. The molecule has 0 aromatic carbocycles. The fourth-order valence-corrected chi connectivity index (χ4v) is 3.92. The minimum absolute atomic E-state index is 0.492. The molecule has 1 heterocycles. The third kappa shape index (κ3) is 7.68. The summed E-state index contributed by atoms with van der Waals surface area (Å²) in [6.07, 6.45) is 20.0. The first-order chi connectivity index (χ1) is 10.2. The first kappa shape index (κ1) is 19.0. The van der Waals surface area contributed by atoms with Crippen molar-refractivity contribution in [3.05, 3.63) is 0 Å². The zero-order chi connectivity index (χ0) is 15.4. The van der Waals surface area contributed by atoms with Crippen LogP contribution in [0.3, 0.4) is 0 Å². The number of hydrogen-bond acceptors (Lipinski definition) is 1. The van der Waals surface area contributed by atoms with E-state index < -0.39 is 0 Å². The second-order valence-electron chi connectivity index (χ2n) is 7.52. The Morgan fingerprint density at radius 2 is 1.14 bits per heavy atom. The highest BCUT2D eigenvalue weighted by Gasteiger charge is 2.30. The second-order valence-corrected chi connectivity index (χ2v) is 7.52. The van der Waals surface area contributed by atoms with E-state index in [0.29, 0.717) is 5.54 Å². The van der Waals surface area contributed by atoms with Crippen molar-refractivity contribution in [2.45, 2.75) is 116 Å². The van der Waals surface area contributed by atoms with Crippen LogP contribution in [0, 0.1) is 0 Å². The third-order valence-electron chi connectivity index (χ3n) is 5.51. The predicted octanol–water partition coefficient (Wildman–Crippen LogP) is 6.56. The smallest absolute Gasteiger partial charge is 0.0181 e. The highest BCUT2D eigenvalue weighted by Crippen LogP contribution is 2.31. The van der Waals surface area contributed by atoms with Crippen molar-refractivity contribution in [1.82, 2.24) is 4.90 Å². The van der Waals surface area contributed by atoms with Gasteiger partial charge in [0, 0.05) is 5.54 Å². The van der Waals surface area contributed by atoms with Crippen LogP contribution in [-0.2, 0) is 0 Å². The molecular weight excluding hydrogens is 254 g/mol. The molecule has 0 aliphatic carbocycles. The Labute approximate surface area is 134 Å². The van der Waals surface area contributed by atoms with Gasteiger partial charge in [0.25, 0.3) is 0 Å². The third-order valence-corrected chi connectivity index (χ3v) is 5.51. The van der Waals surface area contributed by atoms with Gasteiger partial charge in [-0.2, -0.15) is 0 Å². The summed E-state index contributed by atoms with van der Waals surface area (Å²) < 4.78 is 0. The van der Waals surface area contributed by atoms with E-state index >= 15 is 0 Å². The lowest BCUT2D eigenvalue weighted by atomic mass is 9.86. The summed E-state index contributed by atoms with van der Waals surface area (Å²) in [6, 6.07) is 0. The van der Waals surface area contributed by atoms with Gasteiger partial charge in [0.2, 0.25) is 0 Å². The highest BCUT2D eigenvalue weighted by molar-refractivity contribution is 4.87. The minimum Gasteiger partial charge on any atom is -0.298 e. The first-order valence-electron chi connectivity index (χ1n) is 9.98. The van der Waals surface area contributed by atoms with Crippen LogP contribution in [0.2, 0.25) is 0 Å². The van der Waals surface area contributed by atoms with Gasteiger partial charge in [-0.25, -0.2) is 0 Å². The molecule has 0 amide bonds. The van der Waals surface area contributed by atoms with Crippen molar-refractivity contribution < 1.29 is 0 Å². The molecule has 0 saturated carbocycles. The highest BCUT2D eigenvalue weighted by atomic mass is 15.2. The van der Waals surface area contributed by atoms with E-state index in [4.69, 9.17) is 0 Å². The van der Waals surface area contributed by atoms with E-state index in [1.54, 1.807) is 0 Å². The van der Waals surface area contributed by atoms with E-state index in [0.717, 1.165) is 0 Å². The molecule has 1 rings (SSSR count). The van der Waals surface area contributed by atoms with E-state index in [9.17, 15) is 0 Å². The predicted molar refractivity (Wildman–Crippen MR) is 96.0 cm³/mol. The van der Waals surface area contributed by atoms with Crippen molar-refractivity contribution >= 4 is 0 Å². The van der Waals surface area contributed by atoms with E-state index in [1.165, 1.54) is 103 Å². The zero-order valence-corrected chi connectivity index (χ0v) is 15.3. The van der Waals surface area contributed by atoms with Gasteiger partial charge in [0.1, 0.15) is 0 Å². The van der Waals surface area contributed by atoms with Crippen LogP contribution in [-0.4, -0.2) is 23.5 Å². The summed E-state index contributed by atoms with van der Waals surface area (Å²) >= 11 is 0. The largest absolute Gasteiger partial charge is 0.298 e. The quantitative estimate of drug-likeness (QED) is 0.390. The van der Waals surface area contributed by atoms with Gasteiger partial charge in [-0.05, 0) is 45.7 Å². The normalized spacial score (nSPS) is 20.1. The van der Waals surface area contributed by atoms with Crippen molar-refractivity contribution in [1.29, 1.82) is 0 Å². The van der Waals surface area contributed by atoms with Gasteiger partial charge in [-0.1, -0.05) is 78.1 Å². The summed E-state index contributed by atoms with van der Waals surface area (Å²) in [5.74, 6) is 0. The maximum atomic E-state index is 2.87. The van der Waals surface area contributed by atoms with Crippen molar-refractivity contribution in [2.24, 2.45) is 0 Å². The molecule has 21 heavy (non-hydrogen) atoms. The molecule has 1 nitrogen and oxygen atoms in total. The minimum atomic E-state index is 0.492. The molecule has 0 spiro atoms. The van der Waals surface area contributed by atoms with Crippen LogP contribution < -0.4 is 0 Å². The van der Waals surface area contributed by atoms with Crippen molar-refractivity contribution in [3.8, 4) is 0 Å². The Bertz CT molecular complexity index is 230. The number of likely N-dealkylation sites (tertiary alicyclic amines) is 1. The van der Waals surface area contributed by atoms with Gasteiger partial charge in [0.05, 0.1) is 0 Å².